The van der Waals surface area contributed by atoms with Gasteiger partial charge in [0.25, 0.3) is 5.91 Å². The van der Waals surface area contributed by atoms with Crippen molar-refractivity contribution >= 4 is 17.2 Å². The van der Waals surface area contributed by atoms with Gasteiger partial charge in [0.2, 0.25) is 0 Å². The van der Waals surface area contributed by atoms with E-state index in [1.807, 2.05) is 41.9 Å². The van der Waals surface area contributed by atoms with Gasteiger partial charge in [0.05, 0.1) is 36.4 Å². The number of hydrogen-bond acceptors (Lipinski definition) is 5. The fourth-order valence-electron chi connectivity index (χ4n) is 3.16. The lowest BCUT2D eigenvalue weighted by Gasteiger charge is -2.27. The Labute approximate surface area is 146 Å². The van der Waals surface area contributed by atoms with Crippen LogP contribution in [0.5, 0.6) is 0 Å². The summed E-state index contributed by atoms with van der Waals surface area (Å²) in [6.07, 6.45) is 5.50. The highest BCUT2D eigenvalue weighted by Gasteiger charge is 2.38. The highest BCUT2D eigenvalue weighted by atomic mass is 32.1. The maximum absolute atomic E-state index is 12.8. The summed E-state index contributed by atoms with van der Waals surface area (Å²) in [6.45, 7) is 1.83. The molecule has 6 nitrogen and oxygen atoms in total. The predicted octanol–water partition coefficient (Wildman–Crippen LogP) is 1.97. The van der Waals surface area contributed by atoms with E-state index in [2.05, 4.69) is 5.10 Å². The second-order valence-electron chi connectivity index (χ2n) is 5.96. The lowest BCUT2D eigenvalue weighted by Crippen LogP contribution is -2.42. The molecule has 1 aliphatic heterocycles. The molecule has 0 spiro atoms. The number of thiophene rings is 1. The third-order valence-electron chi connectivity index (χ3n) is 4.30. The molecule has 1 saturated heterocycles. The lowest BCUT2D eigenvalue weighted by atomic mass is 10.0. The van der Waals surface area contributed by atoms with Gasteiger partial charge in [-0.2, -0.15) is 5.10 Å². The van der Waals surface area contributed by atoms with E-state index in [1.165, 1.54) is 11.3 Å². The maximum Gasteiger partial charge on any atom is 0.264 e. The summed E-state index contributed by atoms with van der Waals surface area (Å²) in [4.78, 5) is 15.6. The van der Waals surface area contributed by atoms with Gasteiger partial charge in [-0.1, -0.05) is 6.07 Å². The van der Waals surface area contributed by atoms with Crippen molar-refractivity contribution in [3.05, 3.63) is 40.3 Å². The molecule has 0 radical (unpaired) electrons. The Morgan fingerprint density at radius 1 is 1.46 bits per heavy atom. The smallest absolute Gasteiger partial charge is 0.264 e. The monoisotopic (exact) mass is 349 g/mol. The Hall–Kier alpha value is -1.70. The highest BCUT2D eigenvalue weighted by Crippen LogP contribution is 2.27. The molecular weight excluding hydrogens is 326 g/mol. The molecule has 0 N–H and O–H groups in total. The molecule has 2 aromatic heterocycles. The number of carbonyl (C=O) groups excluding carboxylic acids is 1. The van der Waals surface area contributed by atoms with E-state index in [1.54, 1.807) is 11.8 Å². The molecule has 1 fully saturated rings. The molecule has 2 atom stereocenters. The van der Waals surface area contributed by atoms with Crippen molar-refractivity contribution in [1.29, 1.82) is 0 Å². The van der Waals surface area contributed by atoms with Crippen molar-refractivity contribution in [1.82, 2.24) is 14.7 Å². The molecule has 2 aromatic rings. The summed E-state index contributed by atoms with van der Waals surface area (Å²) >= 11 is 1.48. The molecule has 0 aliphatic carbocycles. The molecule has 3 rings (SSSR count). The van der Waals surface area contributed by atoms with Crippen LogP contribution in [0.15, 0.2) is 29.9 Å². The molecule has 1 amide bonds. The molecule has 0 aromatic carbocycles. The highest BCUT2D eigenvalue weighted by molar-refractivity contribution is 7.12. The van der Waals surface area contributed by atoms with E-state index in [0.717, 1.165) is 29.8 Å². The Morgan fingerprint density at radius 3 is 3.00 bits per heavy atom. The first-order valence-electron chi connectivity index (χ1n) is 8.11. The third kappa shape index (κ3) is 3.85. The minimum atomic E-state index is 0.0284. The molecule has 7 heteroatoms. The van der Waals surface area contributed by atoms with Crippen LogP contribution in [0.3, 0.4) is 0 Å². The lowest BCUT2D eigenvalue weighted by molar-refractivity contribution is 0.000558. The number of ether oxygens (including phenoxy) is 2. The van der Waals surface area contributed by atoms with Crippen molar-refractivity contribution in [2.75, 3.05) is 26.9 Å². The topological polar surface area (TPSA) is 56.6 Å². The molecule has 24 heavy (non-hydrogen) atoms. The van der Waals surface area contributed by atoms with E-state index in [9.17, 15) is 4.79 Å². The average Bonchev–Trinajstić information content (AvgIpc) is 3.30. The average molecular weight is 349 g/mol. The van der Waals surface area contributed by atoms with Crippen molar-refractivity contribution in [3.8, 4) is 0 Å². The van der Waals surface area contributed by atoms with Gasteiger partial charge in [0.15, 0.2) is 0 Å². The van der Waals surface area contributed by atoms with Crippen LogP contribution in [0.25, 0.3) is 0 Å². The van der Waals surface area contributed by atoms with Gasteiger partial charge in [-0.05, 0) is 29.9 Å². The minimum Gasteiger partial charge on any atom is -0.382 e. The zero-order chi connectivity index (χ0) is 16.9. The van der Waals surface area contributed by atoms with Gasteiger partial charge in [-0.15, -0.1) is 11.3 Å². The number of likely N-dealkylation sites (tertiary alicyclic amines) is 1. The molecular formula is C17H23N3O3S. The van der Waals surface area contributed by atoms with Crippen LogP contribution in [0.4, 0.5) is 0 Å². The standard InChI is InChI=1S/C17H23N3O3S/c1-19-12-13(11-18-19)10-14-15(23-8-7-22-2)5-6-20(14)17(21)16-4-3-9-24-16/h3-4,9,11-12,14-15H,5-8,10H2,1-2H3/t14-,15-/m0/s1. The summed E-state index contributed by atoms with van der Waals surface area (Å²) in [7, 11) is 3.57. The largest absolute Gasteiger partial charge is 0.382 e. The van der Waals surface area contributed by atoms with E-state index < -0.39 is 0 Å². The first kappa shape index (κ1) is 17.1. The van der Waals surface area contributed by atoms with Crippen LogP contribution >= 0.6 is 11.3 Å². The van der Waals surface area contributed by atoms with Crippen molar-refractivity contribution in [3.63, 3.8) is 0 Å². The van der Waals surface area contributed by atoms with Crippen molar-refractivity contribution < 1.29 is 14.3 Å². The summed E-state index contributed by atoms with van der Waals surface area (Å²) in [5.41, 5.74) is 1.12. The van der Waals surface area contributed by atoms with Gasteiger partial charge in [-0.3, -0.25) is 9.48 Å². The summed E-state index contributed by atoms with van der Waals surface area (Å²) < 4.78 is 12.9. The molecule has 130 valence electrons. The van der Waals surface area contributed by atoms with Gasteiger partial charge in [0, 0.05) is 26.9 Å². The van der Waals surface area contributed by atoms with Crippen LogP contribution in [-0.4, -0.2) is 59.6 Å². The van der Waals surface area contributed by atoms with Crippen LogP contribution in [0.1, 0.15) is 21.7 Å². The second kappa shape index (κ2) is 7.92. The van der Waals surface area contributed by atoms with E-state index in [-0.39, 0.29) is 18.1 Å². The number of amides is 1. The van der Waals surface area contributed by atoms with E-state index in [4.69, 9.17) is 9.47 Å². The molecule has 0 bridgehead atoms. The van der Waals surface area contributed by atoms with Gasteiger partial charge < -0.3 is 14.4 Å². The Bertz CT molecular complexity index is 656. The number of nitrogens with zero attached hydrogens (tertiary/aromatic N) is 3. The van der Waals surface area contributed by atoms with Gasteiger partial charge >= 0.3 is 0 Å². The molecule has 3 heterocycles. The van der Waals surface area contributed by atoms with E-state index >= 15 is 0 Å². The SMILES string of the molecule is COCCO[C@H]1CCN(C(=O)c2cccs2)[C@H]1Cc1cnn(C)c1. The maximum atomic E-state index is 12.8. The number of rotatable bonds is 7. The van der Waals surface area contributed by atoms with Crippen LogP contribution in [0.2, 0.25) is 0 Å². The van der Waals surface area contributed by atoms with E-state index in [0.29, 0.717) is 13.2 Å². The molecule has 1 aliphatic rings. The Balaban J connectivity index is 1.75. The minimum absolute atomic E-state index is 0.0284. The third-order valence-corrected chi connectivity index (χ3v) is 5.16. The molecule has 0 saturated carbocycles. The molecule has 0 unspecified atom stereocenters. The zero-order valence-corrected chi connectivity index (χ0v) is 14.9. The first-order chi connectivity index (χ1) is 11.7. The predicted molar refractivity (Wildman–Crippen MR) is 92.3 cm³/mol. The van der Waals surface area contributed by atoms with Gasteiger partial charge in [0.1, 0.15) is 0 Å². The zero-order valence-electron chi connectivity index (χ0n) is 14.1. The Kier molecular flexibility index (Phi) is 5.65. The van der Waals surface area contributed by atoms with Crippen LogP contribution < -0.4 is 0 Å². The summed E-state index contributed by atoms with van der Waals surface area (Å²) in [5.74, 6) is 0.0942. The number of carbonyl (C=O) groups is 1. The number of aryl methyl sites for hydroxylation is 1. The number of aromatic nitrogens is 2. The second-order valence-corrected chi connectivity index (χ2v) is 6.91. The van der Waals surface area contributed by atoms with Crippen molar-refractivity contribution in [2.24, 2.45) is 7.05 Å². The number of methoxy groups -OCH3 is 1. The van der Waals surface area contributed by atoms with Crippen LogP contribution in [-0.2, 0) is 22.9 Å². The number of hydrogen-bond donors (Lipinski definition) is 0. The normalized spacial score (nSPS) is 20.7. The quantitative estimate of drug-likeness (QED) is 0.717. The fraction of sp³-hybridized carbons (Fsp3) is 0.529. The fourth-order valence-corrected chi connectivity index (χ4v) is 3.84. The van der Waals surface area contributed by atoms with Crippen LogP contribution in [0, 0.1) is 0 Å². The Morgan fingerprint density at radius 2 is 2.33 bits per heavy atom. The summed E-state index contributed by atoms with van der Waals surface area (Å²) in [6, 6.07) is 3.82. The van der Waals surface area contributed by atoms with Gasteiger partial charge in [-0.25, -0.2) is 0 Å². The summed E-state index contributed by atoms with van der Waals surface area (Å²) in [5, 5.41) is 6.17. The first-order valence-corrected chi connectivity index (χ1v) is 8.99. The van der Waals surface area contributed by atoms with Crippen molar-refractivity contribution in [2.45, 2.75) is 25.0 Å².